The molecule has 5 nitrogen and oxygen atoms in total. The highest BCUT2D eigenvalue weighted by molar-refractivity contribution is 5.87. The van der Waals surface area contributed by atoms with Crippen LogP contribution in [0.5, 0.6) is 5.75 Å². The van der Waals surface area contributed by atoms with Gasteiger partial charge in [0.1, 0.15) is 11.4 Å². The Labute approximate surface area is 149 Å². The molecule has 0 spiro atoms. The summed E-state index contributed by atoms with van der Waals surface area (Å²) in [5.41, 5.74) is -0.361. The van der Waals surface area contributed by atoms with Gasteiger partial charge < -0.3 is 14.2 Å². The SMILES string of the molecule is CCOC(=O)CC(C)(CC)Oc1cccc(/C=C/C(=O)OC(F)(F)F)c1. The number of ether oxygens (including phenoxy) is 3. The Hall–Kier alpha value is -2.51. The first-order valence-electron chi connectivity index (χ1n) is 7.99. The van der Waals surface area contributed by atoms with Gasteiger partial charge in [-0.05, 0) is 44.0 Å². The minimum absolute atomic E-state index is 0.0509. The summed E-state index contributed by atoms with van der Waals surface area (Å²) in [5.74, 6) is -1.50. The first kappa shape index (κ1) is 21.5. The van der Waals surface area contributed by atoms with Crippen molar-refractivity contribution in [3.05, 3.63) is 35.9 Å². The van der Waals surface area contributed by atoms with Crippen molar-refractivity contribution in [2.75, 3.05) is 6.61 Å². The third-order valence-electron chi connectivity index (χ3n) is 3.42. The molecule has 26 heavy (non-hydrogen) atoms. The molecule has 0 aliphatic rings. The van der Waals surface area contributed by atoms with Gasteiger partial charge >= 0.3 is 18.3 Å². The van der Waals surface area contributed by atoms with Crippen LogP contribution in [0.3, 0.4) is 0 Å². The smallest absolute Gasteiger partial charge is 0.487 e. The van der Waals surface area contributed by atoms with Crippen LogP contribution in [0.15, 0.2) is 30.3 Å². The fourth-order valence-electron chi connectivity index (χ4n) is 2.03. The third kappa shape index (κ3) is 8.04. The summed E-state index contributed by atoms with van der Waals surface area (Å²) in [7, 11) is 0. The molecule has 0 saturated heterocycles. The lowest BCUT2D eigenvalue weighted by molar-refractivity contribution is -0.302. The van der Waals surface area contributed by atoms with Gasteiger partial charge in [0.15, 0.2) is 0 Å². The first-order valence-corrected chi connectivity index (χ1v) is 7.99. The maximum absolute atomic E-state index is 11.9. The van der Waals surface area contributed by atoms with Gasteiger partial charge in [-0.3, -0.25) is 4.79 Å². The Morgan fingerprint density at radius 2 is 1.88 bits per heavy atom. The van der Waals surface area contributed by atoms with Crippen molar-refractivity contribution in [1.29, 1.82) is 0 Å². The number of esters is 2. The maximum Gasteiger partial charge on any atom is 0.575 e. The molecule has 1 unspecified atom stereocenters. The van der Waals surface area contributed by atoms with Gasteiger partial charge in [0.2, 0.25) is 0 Å². The molecular weight excluding hydrogens is 353 g/mol. The molecule has 0 radical (unpaired) electrons. The minimum atomic E-state index is -5.03. The summed E-state index contributed by atoms with van der Waals surface area (Å²) < 4.78 is 49.9. The summed E-state index contributed by atoms with van der Waals surface area (Å²) in [4.78, 5) is 22.8. The lowest BCUT2D eigenvalue weighted by Gasteiger charge is -2.28. The van der Waals surface area contributed by atoms with E-state index in [1.54, 1.807) is 32.0 Å². The fraction of sp³-hybridized carbons (Fsp3) is 0.444. The number of carbonyl (C=O) groups is 2. The van der Waals surface area contributed by atoms with Gasteiger partial charge in [-0.1, -0.05) is 19.1 Å². The van der Waals surface area contributed by atoms with Crippen LogP contribution in [0.25, 0.3) is 6.08 Å². The quantitative estimate of drug-likeness (QED) is 0.502. The van der Waals surface area contributed by atoms with Gasteiger partial charge in [-0.2, -0.15) is 0 Å². The molecule has 8 heteroatoms. The molecular formula is C18H21F3O5. The van der Waals surface area contributed by atoms with Gasteiger partial charge in [0.05, 0.1) is 13.0 Å². The zero-order valence-electron chi connectivity index (χ0n) is 14.8. The van der Waals surface area contributed by atoms with Crippen LogP contribution < -0.4 is 4.74 Å². The van der Waals surface area contributed by atoms with Crippen LogP contribution in [0.1, 0.15) is 39.2 Å². The van der Waals surface area contributed by atoms with E-state index in [0.717, 1.165) is 0 Å². The highest BCUT2D eigenvalue weighted by atomic mass is 19.4. The van der Waals surface area contributed by atoms with Crippen LogP contribution >= 0.6 is 0 Å². The molecule has 1 aromatic carbocycles. The summed E-state index contributed by atoms with van der Waals surface area (Å²) >= 11 is 0. The molecule has 0 aliphatic carbocycles. The summed E-state index contributed by atoms with van der Waals surface area (Å²) in [6, 6.07) is 6.38. The second-order valence-electron chi connectivity index (χ2n) is 5.66. The van der Waals surface area contributed by atoms with Gasteiger partial charge in [0, 0.05) is 6.08 Å². The predicted octanol–water partition coefficient (Wildman–Crippen LogP) is 4.26. The Morgan fingerprint density at radius 1 is 1.19 bits per heavy atom. The van der Waals surface area contributed by atoms with E-state index >= 15 is 0 Å². The molecule has 0 aromatic heterocycles. The van der Waals surface area contributed by atoms with E-state index in [1.807, 2.05) is 6.92 Å². The average Bonchev–Trinajstić information content (AvgIpc) is 2.51. The van der Waals surface area contributed by atoms with E-state index in [1.165, 1.54) is 12.1 Å². The van der Waals surface area contributed by atoms with Crippen molar-refractivity contribution in [3.63, 3.8) is 0 Å². The molecule has 0 bridgehead atoms. The third-order valence-corrected chi connectivity index (χ3v) is 3.42. The van der Waals surface area contributed by atoms with E-state index in [0.29, 0.717) is 23.8 Å². The highest BCUT2D eigenvalue weighted by Gasteiger charge is 2.33. The van der Waals surface area contributed by atoms with Crippen LogP contribution in [-0.2, 0) is 19.1 Å². The zero-order valence-corrected chi connectivity index (χ0v) is 14.8. The van der Waals surface area contributed by atoms with Crippen molar-refractivity contribution >= 4 is 18.0 Å². The number of alkyl halides is 3. The second kappa shape index (κ2) is 9.26. The Balaban J connectivity index is 2.82. The van der Waals surface area contributed by atoms with Crippen LogP contribution in [0.2, 0.25) is 0 Å². The molecule has 1 aromatic rings. The first-order chi connectivity index (χ1) is 12.1. The molecule has 144 valence electrons. The van der Waals surface area contributed by atoms with E-state index in [4.69, 9.17) is 9.47 Å². The van der Waals surface area contributed by atoms with Gasteiger partial charge in [-0.25, -0.2) is 4.79 Å². The molecule has 0 fully saturated rings. The number of rotatable bonds is 8. The number of hydrogen-bond acceptors (Lipinski definition) is 5. The number of benzene rings is 1. The molecule has 0 aliphatic heterocycles. The topological polar surface area (TPSA) is 61.8 Å². The van der Waals surface area contributed by atoms with Crippen LogP contribution in [-0.4, -0.2) is 30.5 Å². The normalized spacial score (nSPS) is 13.9. The minimum Gasteiger partial charge on any atom is -0.487 e. The number of halogens is 3. The molecule has 1 atom stereocenters. The van der Waals surface area contributed by atoms with Crippen LogP contribution in [0, 0.1) is 0 Å². The van der Waals surface area contributed by atoms with E-state index in [-0.39, 0.29) is 19.0 Å². The molecule has 0 saturated carbocycles. The lowest BCUT2D eigenvalue weighted by Crippen LogP contribution is -2.35. The Morgan fingerprint density at radius 3 is 2.46 bits per heavy atom. The Kier molecular flexibility index (Phi) is 7.67. The van der Waals surface area contributed by atoms with Crippen LogP contribution in [0.4, 0.5) is 13.2 Å². The van der Waals surface area contributed by atoms with Crippen molar-refractivity contribution in [3.8, 4) is 5.75 Å². The average molecular weight is 374 g/mol. The van der Waals surface area contributed by atoms with Gasteiger partial charge in [-0.15, -0.1) is 13.2 Å². The highest BCUT2D eigenvalue weighted by Crippen LogP contribution is 2.26. The van der Waals surface area contributed by atoms with E-state index in [2.05, 4.69) is 4.74 Å². The Bertz CT molecular complexity index is 654. The van der Waals surface area contributed by atoms with Crippen molar-refractivity contribution in [2.24, 2.45) is 0 Å². The van der Waals surface area contributed by atoms with Crippen molar-refractivity contribution in [2.45, 2.75) is 45.6 Å². The summed E-state index contributed by atoms with van der Waals surface area (Å²) in [6.07, 6.45) is -2.60. The van der Waals surface area contributed by atoms with Crippen molar-refractivity contribution in [1.82, 2.24) is 0 Å². The van der Waals surface area contributed by atoms with E-state index < -0.39 is 17.9 Å². The molecule has 0 amide bonds. The largest absolute Gasteiger partial charge is 0.575 e. The summed E-state index contributed by atoms with van der Waals surface area (Å²) in [5, 5.41) is 0. The molecule has 0 heterocycles. The van der Waals surface area contributed by atoms with Gasteiger partial charge in [0.25, 0.3) is 0 Å². The maximum atomic E-state index is 11.9. The monoisotopic (exact) mass is 374 g/mol. The number of hydrogen-bond donors (Lipinski definition) is 0. The molecule has 1 rings (SSSR count). The molecule has 0 N–H and O–H groups in total. The summed E-state index contributed by atoms with van der Waals surface area (Å²) in [6.45, 7) is 5.60. The van der Waals surface area contributed by atoms with E-state index in [9.17, 15) is 22.8 Å². The number of carbonyl (C=O) groups excluding carboxylic acids is 2. The predicted molar refractivity (Wildman–Crippen MR) is 88.2 cm³/mol. The second-order valence-corrected chi connectivity index (χ2v) is 5.66. The standard InChI is InChI=1S/C18H21F3O5/c1-4-17(3,12-16(23)24-5-2)25-14-8-6-7-13(11-14)9-10-15(22)26-18(19,20)21/h6-11H,4-5,12H2,1-3H3/b10-9+. The van der Waals surface area contributed by atoms with Crippen molar-refractivity contribution < 1.29 is 37.0 Å². The lowest BCUT2D eigenvalue weighted by atomic mass is 9.98. The zero-order chi connectivity index (χ0) is 19.8. The fourth-order valence-corrected chi connectivity index (χ4v) is 2.03.